The molecule has 1 N–H and O–H groups in total. The SMILES string of the molecule is COCCN(C)CCCNCc1cccc(Cl)c1. The maximum atomic E-state index is 5.93. The van der Waals surface area contributed by atoms with Crippen molar-refractivity contribution in [3.8, 4) is 0 Å². The molecule has 0 aromatic heterocycles. The van der Waals surface area contributed by atoms with E-state index in [1.807, 2.05) is 18.2 Å². The monoisotopic (exact) mass is 270 g/mol. The Kier molecular flexibility index (Phi) is 8.01. The van der Waals surface area contributed by atoms with Gasteiger partial charge < -0.3 is 15.0 Å². The summed E-state index contributed by atoms with van der Waals surface area (Å²) in [6, 6.07) is 7.97. The van der Waals surface area contributed by atoms with Gasteiger partial charge >= 0.3 is 0 Å². The summed E-state index contributed by atoms with van der Waals surface area (Å²) in [6.45, 7) is 4.77. The van der Waals surface area contributed by atoms with E-state index in [4.69, 9.17) is 16.3 Å². The minimum Gasteiger partial charge on any atom is -0.383 e. The number of nitrogens with zero attached hydrogens (tertiary/aromatic N) is 1. The van der Waals surface area contributed by atoms with Crippen molar-refractivity contribution >= 4 is 11.6 Å². The van der Waals surface area contributed by atoms with Crippen molar-refractivity contribution < 1.29 is 4.74 Å². The fourth-order valence-corrected chi connectivity index (χ4v) is 1.93. The number of ether oxygens (including phenoxy) is 1. The van der Waals surface area contributed by atoms with Gasteiger partial charge in [-0.3, -0.25) is 0 Å². The molecule has 0 aliphatic carbocycles. The number of rotatable bonds is 9. The maximum Gasteiger partial charge on any atom is 0.0589 e. The second-order valence-corrected chi connectivity index (χ2v) is 4.89. The molecule has 1 aromatic rings. The quantitative estimate of drug-likeness (QED) is 0.698. The minimum atomic E-state index is 0.798. The van der Waals surface area contributed by atoms with Gasteiger partial charge in [-0.25, -0.2) is 0 Å². The number of nitrogens with one attached hydrogen (secondary N) is 1. The van der Waals surface area contributed by atoms with Gasteiger partial charge in [0.05, 0.1) is 6.61 Å². The van der Waals surface area contributed by atoms with Crippen molar-refractivity contribution in [1.82, 2.24) is 10.2 Å². The molecule has 0 radical (unpaired) electrons. The highest BCUT2D eigenvalue weighted by molar-refractivity contribution is 6.30. The lowest BCUT2D eigenvalue weighted by molar-refractivity contribution is 0.160. The van der Waals surface area contributed by atoms with E-state index in [0.717, 1.165) is 44.2 Å². The third-order valence-corrected chi connectivity index (χ3v) is 3.02. The molecule has 1 aromatic carbocycles. The van der Waals surface area contributed by atoms with Crippen LogP contribution in [0, 0.1) is 0 Å². The van der Waals surface area contributed by atoms with E-state index in [1.54, 1.807) is 7.11 Å². The lowest BCUT2D eigenvalue weighted by Crippen LogP contribution is -2.26. The van der Waals surface area contributed by atoms with Gasteiger partial charge in [-0.15, -0.1) is 0 Å². The predicted molar refractivity (Wildman–Crippen MR) is 77.1 cm³/mol. The Morgan fingerprint density at radius 2 is 2.17 bits per heavy atom. The lowest BCUT2D eigenvalue weighted by Gasteiger charge is -2.15. The van der Waals surface area contributed by atoms with Crippen molar-refractivity contribution in [1.29, 1.82) is 0 Å². The first kappa shape index (κ1) is 15.4. The molecule has 0 atom stereocenters. The van der Waals surface area contributed by atoms with Crippen LogP contribution in [0.5, 0.6) is 0 Å². The van der Waals surface area contributed by atoms with Gasteiger partial charge in [0.1, 0.15) is 0 Å². The molecule has 0 aliphatic heterocycles. The number of hydrogen-bond donors (Lipinski definition) is 1. The van der Waals surface area contributed by atoms with Gasteiger partial charge in [-0.2, -0.15) is 0 Å². The van der Waals surface area contributed by atoms with Crippen LogP contribution in [0.1, 0.15) is 12.0 Å². The molecule has 0 amide bonds. The Balaban J connectivity index is 2.05. The summed E-state index contributed by atoms with van der Waals surface area (Å²) in [4.78, 5) is 2.28. The Morgan fingerprint density at radius 1 is 1.33 bits per heavy atom. The van der Waals surface area contributed by atoms with Crippen LogP contribution in [-0.4, -0.2) is 45.3 Å². The van der Waals surface area contributed by atoms with E-state index in [1.165, 1.54) is 5.56 Å². The Hall–Kier alpha value is -0.610. The average molecular weight is 271 g/mol. The topological polar surface area (TPSA) is 24.5 Å². The zero-order valence-corrected chi connectivity index (χ0v) is 12.0. The highest BCUT2D eigenvalue weighted by Crippen LogP contribution is 2.10. The van der Waals surface area contributed by atoms with Crippen LogP contribution >= 0.6 is 11.6 Å². The van der Waals surface area contributed by atoms with Crippen LogP contribution in [-0.2, 0) is 11.3 Å². The molecule has 0 bridgehead atoms. The maximum absolute atomic E-state index is 5.93. The number of methoxy groups -OCH3 is 1. The molecule has 1 rings (SSSR count). The van der Waals surface area contributed by atoms with Gasteiger partial charge in [0, 0.05) is 25.2 Å². The first-order valence-electron chi connectivity index (χ1n) is 6.35. The zero-order chi connectivity index (χ0) is 13.2. The van der Waals surface area contributed by atoms with Crippen molar-refractivity contribution in [3.05, 3.63) is 34.9 Å². The zero-order valence-electron chi connectivity index (χ0n) is 11.3. The first-order valence-corrected chi connectivity index (χ1v) is 6.73. The molecular formula is C14H23ClN2O. The molecule has 18 heavy (non-hydrogen) atoms. The number of halogens is 1. The second kappa shape index (κ2) is 9.34. The Morgan fingerprint density at radius 3 is 2.89 bits per heavy atom. The second-order valence-electron chi connectivity index (χ2n) is 4.46. The van der Waals surface area contributed by atoms with E-state index >= 15 is 0 Å². The number of benzene rings is 1. The van der Waals surface area contributed by atoms with Gasteiger partial charge in [-0.05, 0) is 44.3 Å². The molecule has 3 nitrogen and oxygen atoms in total. The molecule has 0 heterocycles. The van der Waals surface area contributed by atoms with E-state index in [0.29, 0.717) is 0 Å². The predicted octanol–water partition coefficient (Wildman–Crippen LogP) is 2.40. The highest BCUT2D eigenvalue weighted by atomic mass is 35.5. The smallest absolute Gasteiger partial charge is 0.0589 e. The van der Waals surface area contributed by atoms with Crippen LogP contribution in [0.25, 0.3) is 0 Å². The molecule has 0 unspecified atom stereocenters. The standard InChI is InChI=1S/C14H23ClN2O/c1-17(9-10-18-2)8-4-7-16-12-13-5-3-6-14(15)11-13/h3,5-6,11,16H,4,7-10,12H2,1-2H3. The van der Waals surface area contributed by atoms with Crippen LogP contribution in [0.15, 0.2) is 24.3 Å². The minimum absolute atomic E-state index is 0.798. The third kappa shape index (κ3) is 6.97. The Labute approximate surface area is 115 Å². The first-order chi connectivity index (χ1) is 8.72. The lowest BCUT2D eigenvalue weighted by atomic mass is 10.2. The van der Waals surface area contributed by atoms with E-state index in [2.05, 4.69) is 23.3 Å². The molecule has 0 spiro atoms. The summed E-state index contributed by atoms with van der Waals surface area (Å²) in [5, 5.41) is 4.22. The van der Waals surface area contributed by atoms with Crippen molar-refractivity contribution in [2.75, 3.05) is 40.4 Å². The van der Waals surface area contributed by atoms with Crippen LogP contribution < -0.4 is 5.32 Å². The van der Waals surface area contributed by atoms with Crippen molar-refractivity contribution in [2.24, 2.45) is 0 Å². The molecule has 0 saturated carbocycles. The summed E-state index contributed by atoms with van der Waals surface area (Å²) in [6.07, 6.45) is 1.14. The van der Waals surface area contributed by atoms with Crippen molar-refractivity contribution in [3.63, 3.8) is 0 Å². The number of likely N-dealkylation sites (N-methyl/N-ethyl adjacent to an activating group) is 1. The van der Waals surface area contributed by atoms with Gasteiger partial charge in [0.2, 0.25) is 0 Å². The van der Waals surface area contributed by atoms with Gasteiger partial charge in [0.15, 0.2) is 0 Å². The normalized spacial score (nSPS) is 11.1. The summed E-state index contributed by atoms with van der Waals surface area (Å²) in [5.41, 5.74) is 1.23. The average Bonchev–Trinajstić information content (AvgIpc) is 2.36. The summed E-state index contributed by atoms with van der Waals surface area (Å²) in [7, 11) is 3.86. The van der Waals surface area contributed by atoms with E-state index < -0.39 is 0 Å². The molecule has 0 fully saturated rings. The summed E-state index contributed by atoms with van der Waals surface area (Å²) < 4.78 is 5.04. The fourth-order valence-electron chi connectivity index (χ4n) is 1.71. The summed E-state index contributed by atoms with van der Waals surface area (Å²) >= 11 is 5.93. The third-order valence-electron chi connectivity index (χ3n) is 2.79. The highest BCUT2D eigenvalue weighted by Gasteiger charge is 1.98. The van der Waals surface area contributed by atoms with E-state index in [-0.39, 0.29) is 0 Å². The van der Waals surface area contributed by atoms with Crippen LogP contribution in [0.3, 0.4) is 0 Å². The largest absolute Gasteiger partial charge is 0.383 e. The van der Waals surface area contributed by atoms with Gasteiger partial charge in [-0.1, -0.05) is 23.7 Å². The molecule has 102 valence electrons. The van der Waals surface area contributed by atoms with E-state index in [9.17, 15) is 0 Å². The van der Waals surface area contributed by atoms with Gasteiger partial charge in [0.25, 0.3) is 0 Å². The Bertz CT molecular complexity index is 333. The molecule has 0 saturated heterocycles. The fraction of sp³-hybridized carbons (Fsp3) is 0.571. The number of hydrogen-bond acceptors (Lipinski definition) is 3. The summed E-state index contributed by atoms with van der Waals surface area (Å²) in [5.74, 6) is 0. The molecule has 4 heteroatoms. The van der Waals surface area contributed by atoms with Crippen LogP contribution in [0.4, 0.5) is 0 Å². The molecule has 0 aliphatic rings. The molecular weight excluding hydrogens is 248 g/mol. The van der Waals surface area contributed by atoms with Crippen LogP contribution in [0.2, 0.25) is 5.02 Å². The van der Waals surface area contributed by atoms with Crippen molar-refractivity contribution in [2.45, 2.75) is 13.0 Å².